The number of nitrogens with one attached hydrogen (secondary N) is 1. The molecule has 2 saturated heterocycles. The van der Waals surface area contributed by atoms with Crippen LogP contribution in [0.15, 0.2) is 54.6 Å². The van der Waals surface area contributed by atoms with Crippen LogP contribution >= 0.6 is 0 Å². The SMILES string of the molecule is CC(C)(C)CC(C)(C)N1C/C=C\CCC(=O)NC[C@H](c2ccccc2)OC(=O)[C@@H]2[C@H]3C(=O)N(CCCCCO)[C@H](C1=O)[C@]31C=C[C@H]2O1. The molecule has 1 aromatic rings. The van der Waals surface area contributed by atoms with Gasteiger partial charge in [0.15, 0.2) is 0 Å². The van der Waals surface area contributed by atoms with Gasteiger partial charge in [0.1, 0.15) is 23.7 Å². The predicted octanol–water partition coefficient (Wildman–Crippen LogP) is 4.09. The van der Waals surface area contributed by atoms with Crippen LogP contribution in [0.2, 0.25) is 0 Å². The van der Waals surface area contributed by atoms with Crippen molar-refractivity contribution in [2.45, 2.75) is 103 Å². The third kappa shape index (κ3) is 7.18. The Balaban J connectivity index is 1.57. The first-order valence-corrected chi connectivity index (χ1v) is 17.1. The number of carbonyl (C=O) groups is 4. The van der Waals surface area contributed by atoms with Gasteiger partial charge in [-0.05, 0) is 56.9 Å². The summed E-state index contributed by atoms with van der Waals surface area (Å²) in [4.78, 5) is 59.9. The number of ether oxygens (including phenoxy) is 2. The van der Waals surface area contributed by atoms with Gasteiger partial charge < -0.3 is 29.7 Å². The zero-order valence-corrected chi connectivity index (χ0v) is 28.4. The van der Waals surface area contributed by atoms with Gasteiger partial charge in [-0.2, -0.15) is 0 Å². The summed E-state index contributed by atoms with van der Waals surface area (Å²) >= 11 is 0. The average molecular weight is 650 g/mol. The Morgan fingerprint density at radius 2 is 1.72 bits per heavy atom. The van der Waals surface area contributed by atoms with Gasteiger partial charge in [0.2, 0.25) is 17.7 Å². The maximum Gasteiger partial charge on any atom is 0.313 e. The van der Waals surface area contributed by atoms with Crippen LogP contribution < -0.4 is 5.32 Å². The molecule has 1 aromatic carbocycles. The molecule has 256 valence electrons. The second-order valence-corrected chi connectivity index (χ2v) is 15.2. The van der Waals surface area contributed by atoms with E-state index in [-0.39, 0.29) is 42.7 Å². The van der Waals surface area contributed by atoms with Gasteiger partial charge in [0.25, 0.3) is 0 Å². The van der Waals surface area contributed by atoms with Gasteiger partial charge in [-0.3, -0.25) is 19.2 Å². The normalized spacial score (nSPS) is 30.8. The van der Waals surface area contributed by atoms with Gasteiger partial charge in [-0.25, -0.2) is 0 Å². The molecular weight excluding hydrogens is 598 g/mol. The highest BCUT2D eigenvalue weighted by molar-refractivity contribution is 5.99. The predicted molar refractivity (Wildman–Crippen MR) is 177 cm³/mol. The Kier molecular flexibility index (Phi) is 10.3. The molecule has 3 amide bonds. The second-order valence-electron chi connectivity index (χ2n) is 15.2. The van der Waals surface area contributed by atoms with E-state index in [9.17, 15) is 19.5 Å². The number of amides is 3. The van der Waals surface area contributed by atoms with Gasteiger partial charge in [0, 0.05) is 31.7 Å². The third-order valence-corrected chi connectivity index (χ3v) is 9.80. The third-order valence-electron chi connectivity index (χ3n) is 9.80. The number of fused-ring (bicyclic) bond motifs is 2. The summed E-state index contributed by atoms with van der Waals surface area (Å²) in [6.45, 7) is 11.2. The molecule has 0 saturated carbocycles. The Hall–Kier alpha value is -3.50. The topological polar surface area (TPSA) is 125 Å². The number of hydrogen-bond donors (Lipinski definition) is 2. The molecule has 1 spiro atoms. The lowest BCUT2D eigenvalue weighted by molar-refractivity contribution is -0.160. The van der Waals surface area contributed by atoms with Crippen molar-refractivity contribution in [3.05, 3.63) is 60.2 Å². The summed E-state index contributed by atoms with van der Waals surface area (Å²) in [5, 5.41) is 12.3. The fraction of sp³-hybridized carbons (Fsp3) is 0.622. The zero-order valence-electron chi connectivity index (χ0n) is 28.4. The quantitative estimate of drug-likeness (QED) is 0.247. The molecule has 0 aromatic heterocycles. The Bertz CT molecular complexity index is 1380. The maximum absolute atomic E-state index is 15.0. The second kappa shape index (κ2) is 13.9. The number of hydrogen-bond acceptors (Lipinski definition) is 7. The molecule has 5 rings (SSSR count). The molecule has 2 fully saturated rings. The number of aliphatic hydroxyl groups excluding tert-OH is 1. The van der Waals surface area contributed by atoms with Crippen molar-refractivity contribution in [1.29, 1.82) is 0 Å². The highest BCUT2D eigenvalue weighted by Gasteiger charge is 2.73. The molecular formula is C37H51N3O7. The van der Waals surface area contributed by atoms with Crippen LogP contribution in [0.1, 0.15) is 84.8 Å². The number of unbranched alkanes of at least 4 members (excludes halogenated alkanes) is 2. The minimum absolute atomic E-state index is 0.0501. The van der Waals surface area contributed by atoms with Gasteiger partial charge in [-0.15, -0.1) is 0 Å². The molecule has 0 unspecified atom stereocenters. The van der Waals surface area contributed by atoms with E-state index in [1.54, 1.807) is 11.0 Å². The molecule has 6 atom stereocenters. The highest BCUT2D eigenvalue weighted by atomic mass is 16.6. The van der Waals surface area contributed by atoms with Gasteiger partial charge in [0.05, 0.1) is 18.6 Å². The van der Waals surface area contributed by atoms with E-state index in [1.807, 2.05) is 67.3 Å². The standard InChI is InChI=1S/C37H51N3O7/c1-35(2,3)24-36(4,5)40-21-13-7-11-17-28(42)38-23-27(25-15-9-6-10-16-25)46-34(45)29-26-18-19-37(47-26)30(29)32(43)39(31(37)33(40)44)20-12-8-14-22-41/h6-7,9-10,13,15-16,18-19,26-27,29-31,41H,8,11-12,14,17,20-24H2,1-5H3,(H,38,42)/b13-7-/t26-,27-,29+,30+,31-,37+/m1/s1. The van der Waals surface area contributed by atoms with E-state index in [0.717, 1.165) is 5.56 Å². The first-order chi connectivity index (χ1) is 22.3. The fourth-order valence-corrected chi connectivity index (χ4v) is 8.13. The van der Waals surface area contributed by atoms with Crippen LogP contribution in [0.4, 0.5) is 0 Å². The molecule has 4 aliphatic heterocycles. The average Bonchev–Trinajstić information content (AvgIpc) is 3.65. The highest BCUT2D eigenvalue weighted by Crippen LogP contribution is 2.56. The number of nitrogens with zero attached hydrogens (tertiary/aromatic N) is 2. The van der Waals surface area contributed by atoms with Crippen LogP contribution in [0.3, 0.4) is 0 Å². The van der Waals surface area contributed by atoms with Gasteiger partial charge in [-0.1, -0.05) is 75.4 Å². The number of allylic oxidation sites excluding steroid dienone is 1. The van der Waals surface area contributed by atoms with Crippen LogP contribution in [0.25, 0.3) is 0 Å². The molecule has 47 heavy (non-hydrogen) atoms. The van der Waals surface area contributed by atoms with Crippen molar-refractivity contribution in [1.82, 2.24) is 15.1 Å². The van der Waals surface area contributed by atoms with E-state index in [4.69, 9.17) is 9.47 Å². The van der Waals surface area contributed by atoms with E-state index >= 15 is 4.79 Å². The Labute approximate surface area is 278 Å². The van der Waals surface area contributed by atoms with E-state index in [1.165, 1.54) is 0 Å². The Morgan fingerprint density at radius 3 is 2.43 bits per heavy atom. The first-order valence-electron chi connectivity index (χ1n) is 17.1. The van der Waals surface area contributed by atoms with Crippen molar-refractivity contribution in [2.75, 3.05) is 26.2 Å². The molecule has 2 N–H and O–H groups in total. The molecule has 4 aliphatic rings. The van der Waals surface area contributed by atoms with Crippen LogP contribution in [0, 0.1) is 17.3 Å². The molecule has 4 heterocycles. The number of likely N-dealkylation sites (tertiary alicyclic amines) is 1. The molecule has 0 radical (unpaired) electrons. The first kappa shape index (κ1) is 34.8. The van der Waals surface area contributed by atoms with Crippen molar-refractivity contribution in [3.8, 4) is 0 Å². The lowest BCUT2D eigenvalue weighted by Crippen LogP contribution is -2.60. The number of benzene rings is 1. The van der Waals surface area contributed by atoms with Gasteiger partial charge >= 0.3 is 5.97 Å². The fourth-order valence-electron chi connectivity index (χ4n) is 8.13. The number of cyclic esters (lactones) is 1. The van der Waals surface area contributed by atoms with E-state index in [2.05, 4.69) is 26.1 Å². The van der Waals surface area contributed by atoms with Crippen molar-refractivity contribution in [2.24, 2.45) is 17.3 Å². The summed E-state index contributed by atoms with van der Waals surface area (Å²) in [7, 11) is 0. The smallest absolute Gasteiger partial charge is 0.313 e. The van der Waals surface area contributed by atoms with Crippen LogP contribution in [0.5, 0.6) is 0 Å². The zero-order chi connectivity index (χ0) is 34.0. The molecule has 10 heteroatoms. The summed E-state index contributed by atoms with van der Waals surface area (Å²) in [6.07, 6.45) is 9.29. The summed E-state index contributed by atoms with van der Waals surface area (Å²) in [6, 6.07) is 8.26. The maximum atomic E-state index is 15.0. The van der Waals surface area contributed by atoms with Crippen LogP contribution in [-0.2, 0) is 28.7 Å². The van der Waals surface area contributed by atoms with Crippen LogP contribution in [-0.4, -0.2) is 88.1 Å². The summed E-state index contributed by atoms with van der Waals surface area (Å²) in [5.74, 6) is -3.16. The van der Waals surface area contributed by atoms with Crippen molar-refractivity contribution >= 4 is 23.7 Å². The summed E-state index contributed by atoms with van der Waals surface area (Å²) in [5.41, 5.74) is -1.28. The number of carbonyl (C=O) groups excluding carboxylic acids is 4. The monoisotopic (exact) mass is 649 g/mol. The summed E-state index contributed by atoms with van der Waals surface area (Å²) < 4.78 is 12.7. The van der Waals surface area contributed by atoms with Crippen molar-refractivity contribution in [3.63, 3.8) is 0 Å². The molecule has 10 nitrogen and oxygen atoms in total. The number of esters is 1. The number of aliphatic hydroxyl groups is 1. The number of rotatable bonds is 8. The van der Waals surface area contributed by atoms with E-state index in [0.29, 0.717) is 45.2 Å². The van der Waals surface area contributed by atoms with E-state index < -0.39 is 47.2 Å². The lowest BCUT2D eigenvalue weighted by atomic mass is 9.74. The largest absolute Gasteiger partial charge is 0.455 e. The minimum Gasteiger partial charge on any atom is -0.455 e. The van der Waals surface area contributed by atoms with Crippen molar-refractivity contribution < 1.29 is 33.8 Å². The molecule has 0 aliphatic carbocycles. The lowest BCUT2D eigenvalue weighted by Gasteiger charge is -2.45. The Morgan fingerprint density at radius 1 is 0.979 bits per heavy atom. The molecule has 5 bridgehead atoms. The minimum atomic E-state index is -1.32.